The van der Waals surface area contributed by atoms with Crippen LogP contribution in [0.15, 0.2) is 30.3 Å². The zero-order valence-electron chi connectivity index (χ0n) is 24.3. The maximum absolute atomic E-state index is 13.0. The van der Waals surface area contributed by atoms with Gasteiger partial charge in [0.05, 0.1) is 31.2 Å². The van der Waals surface area contributed by atoms with E-state index in [0.29, 0.717) is 31.4 Å². The monoisotopic (exact) mass is 655 g/mol. The number of nitrogens with one attached hydrogen (secondary N) is 3. The summed E-state index contributed by atoms with van der Waals surface area (Å²) in [5.41, 5.74) is 11.8. The van der Waals surface area contributed by atoms with Crippen molar-refractivity contribution in [1.82, 2.24) is 16.0 Å². The molecule has 1 rings (SSSR count). The number of unbranched alkanes of at least 4 members (excludes halogenated alkanes) is 1. The van der Waals surface area contributed by atoms with E-state index in [1.54, 1.807) is 30.3 Å². The van der Waals surface area contributed by atoms with Crippen LogP contribution in [0.3, 0.4) is 0 Å². The minimum atomic E-state index is -2.24. The second kappa shape index (κ2) is 22.0. The number of rotatable bonds is 19. The number of hydrogen-bond acceptors (Lipinski definition) is 10. The Hall–Kier alpha value is -2.56. The average molecular weight is 657 g/mol. The Balaban J connectivity index is 0. The fourth-order valence-electron chi connectivity index (χ4n) is 4.09. The second-order valence-corrected chi connectivity index (χ2v) is 10.4. The molecule has 0 aromatic heterocycles. The van der Waals surface area contributed by atoms with Crippen LogP contribution in [0.5, 0.6) is 0 Å². The molecular weight excluding hydrogens is 609 g/mol. The van der Waals surface area contributed by atoms with Crippen LogP contribution in [0.4, 0.5) is 0 Å². The summed E-state index contributed by atoms with van der Waals surface area (Å²) in [6.07, 6.45) is -5.09. The first-order valence-electron chi connectivity index (χ1n) is 13.6. The molecule has 248 valence electrons. The van der Waals surface area contributed by atoms with Gasteiger partial charge in [0, 0.05) is 0 Å². The number of halogens is 2. The molecule has 1 aromatic carbocycles. The van der Waals surface area contributed by atoms with Crippen molar-refractivity contribution in [3.63, 3.8) is 0 Å². The lowest BCUT2D eigenvalue weighted by Crippen LogP contribution is -2.60. The van der Waals surface area contributed by atoms with Crippen LogP contribution in [0.2, 0.25) is 0 Å². The molecule has 0 aliphatic heterocycles. The number of aliphatic carboxylic acids is 1. The van der Waals surface area contributed by atoms with Crippen molar-refractivity contribution in [2.75, 3.05) is 13.2 Å². The smallest absolute Gasteiger partial charge is 0.305 e. The summed E-state index contributed by atoms with van der Waals surface area (Å²) in [5, 5.41) is 57.8. The summed E-state index contributed by atoms with van der Waals surface area (Å²) in [6.45, 7) is 3.20. The quantitative estimate of drug-likeness (QED) is 0.0784. The van der Waals surface area contributed by atoms with E-state index < -0.39 is 79.2 Å². The van der Waals surface area contributed by atoms with Gasteiger partial charge in [0.15, 0.2) is 6.10 Å². The summed E-state index contributed by atoms with van der Waals surface area (Å²) in [6, 6.07) is 3.55. The predicted molar refractivity (Wildman–Crippen MR) is 163 cm³/mol. The Bertz CT molecular complexity index is 977. The highest BCUT2D eigenvalue weighted by atomic mass is 35.5. The van der Waals surface area contributed by atoms with E-state index in [0.717, 1.165) is 0 Å². The van der Waals surface area contributed by atoms with Crippen LogP contribution in [0.1, 0.15) is 57.6 Å². The predicted octanol–water partition coefficient (Wildman–Crippen LogP) is -1.29. The standard InChI is InChI=1S/C27H45N5O9.2ClH/c1-15(2)12-19(31-25(39)17(29)10-6-7-11-28)26(40)32-20(14-33)22(36)23(37)24(38)27(41)30-18(13-21(34)35)16-8-4-3-5-9-16;;/h3-5,8-9,15,17-20,22-24,33,36-38H,6-7,10-14,28-29H2,1-2H3,(H,30,41)(H,31,39)(H,32,40)(H,34,35);2*1H/t17-,18-,19-,20-,22+,23+,24-;;/m0../s1. The molecule has 0 aliphatic carbocycles. The maximum atomic E-state index is 13.0. The number of carbonyl (C=O) groups is 4. The lowest BCUT2D eigenvalue weighted by Gasteiger charge is -2.31. The number of benzene rings is 1. The molecule has 0 heterocycles. The van der Waals surface area contributed by atoms with Crippen molar-refractivity contribution in [2.24, 2.45) is 17.4 Å². The van der Waals surface area contributed by atoms with Crippen LogP contribution >= 0.6 is 24.8 Å². The highest BCUT2D eigenvalue weighted by molar-refractivity contribution is 5.90. The van der Waals surface area contributed by atoms with E-state index in [1.165, 1.54) is 0 Å². The largest absolute Gasteiger partial charge is 0.481 e. The fourth-order valence-corrected chi connectivity index (χ4v) is 4.09. The maximum Gasteiger partial charge on any atom is 0.305 e. The van der Waals surface area contributed by atoms with Crippen molar-refractivity contribution in [2.45, 2.75) is 88.4 Å². The molecule has 7 atom stereocenters. The number of aliphatic hydroxyl groups excluding tert-OH is 4. The number of hydrogen-bond donors (Lipinski definition) is 10. The zero-order valence-corrected chi connectivity index (χ0v) is 25.9. The first-order chi connectivity index (χ1) is 19.3. The van der Waals surface area contributed by atoms with E-state index in [-0.39, 0.29) is 37.2 Å². The number of aliphatic hydroxyl groups is 4. The SMILES string of the molecule is CC(C)C[C@H](NC(=O)[C@@H](N)CCCCN)C(=O)N[C@@H](CO)[C@@H](O)[C@@H](O)[C@H](O)C(=O)N[C@@H](CC(=O)O)c1ccccc1.Cl.Cl. The third-order valence-electron chi connectivity index (χ3n) is 6.42. The van der Waals surface area contributed by atoms with E-state index in [9.17, 15) is 44.7 Å². The van der Waals surface area contributed by atoms with E-state index in [1.807, 2.05) is 13.8 Å². The summed E-state index contributed by atoms with van der Waals surface area (Å²) in [7, 11) is 0. The average Bonchev–Trinajstić information content (AvgIpc) is 2.93. The minimum Gasteiger partial charge on any atom is -0.481 e. The van der Waals surface area contributed by atoms with E-state index in [2.05, 4.69) is 16.0 Å². The molecule has 43 heavy (non-hydrogen) atoms. The fraction of sp³-hybridized carbons (Fsp3) is 0.630. The molecular formula is C27H47Cl2N5O9. The molecule has 0 unspecified atom stereocenters. The van der Waals surface area contributed by atoms with Crippen molar-refractivity contribution in [3.05, 3.63) is 35.9 Å². The van der Waals surface area contributed by atoms with Crippen molar-refractivity contribution >= 4 is 48.5 Å². The summed E-state index contributed by atoms with van der Waals surface area (Å²) < 4.78 is 0. The Kier molecular flexibility index (Phi) is 21.8. The Morgan fingerprint density at radius 3 is 1.98 bits per heavy atom. The molecule has 0 saturated carbocycles. The topological polar surface area (TPSA) is 258 Å². The van der Waals surface area contributed by atoms with Gasteiger partial charge in [-0.2, -0.15) is 0 Å². The number of carbonyl (C=O) groups excluding carboxylic acids is 3. The number of nitrogens with two attached hydrogens (primary N) is 2. The first kappa shape index (κ1) is 42.6. The van der Waals surface area contributed by atoms with Gasteiger partial charge in [-0.15, -0.1) is 24.8 Å². The normalized spacial score (nSPS) is 15.7. The molecule has 12 N–H and O–H groups in total. The lowest BCUT2D eigenvalue weighted by molar-refractivity contribution is -0.145. The van der Waals surface area contributed by atoms with Gasteiger partial charge in [-0.1, -0.05) is 50.6 Å². The van der Waals surface area contributed by atoms with Crippen molar-refractivity contribution in [3.8, 4) is 0 Å². The van der Waals surface area contributed by atoms with Gasteiger partial charge in [0.1, 0.15) is 18.2 Å². The number of amides is 3. The summed E-state index contributed by atoms with van der Waals surface area (Å²) >= 11 is 0. The van der Waals surface area contributed by atoms with Crippen LogP contribution in [0, 0.1) is 5.92 Å². The van der Waals surface area contributed by atoms with E-state index in [4.69, 9.17) is 11.5 Å². The van der Waals surface area contributed by atoms with Crippen LogP contribution in [-0.2, 0) is 19.2 Å². The molecule has 0 bridgehead atoms. The van der Waals surface area contributed by atoms with Crippen LogP contribution < -0.4 is 27.4 Å². The molecule has 3 amide bonds. The highest BCUT2D eigenvalue weighted by Gasteiger charge is 2.37. The Morgan fingerprint density at radius 1 is 0.860 bits per heavy atom. The van der Waals surface area contributed by atoms with Crippen molar-refractivity contribution < 1.29 is 44.7 Å². The van der Waals surface area contributed by atoms with Crippen LogP contribution in [-0.4, -0.2) is 98.8 Å². The minimum absolute atomic E-state index is 0. The molecule has 0 radical (unpaired) electrons. The molecule has 0 saturated heterocycles. The van der Waals surface area contributed by atoms with Gasteiger partial charge in [-0.05, 0) is 37.3 Å². The van der Waals surface area contributed by atoms with Gasteiger partial charge in [-0.25, -0.2) is 0 Å². The first-order valence-corrected chi connectivity index (χ1v) is 13.6. The Labute approximate surface area is 263 Å². The van der Waals surface area contributed by atoms with Gasteiger partial charge < -0.3 is 53.0 Å². The van der Waals surface area contributed by atoms with Gasteiger partial charge in [-0.3, -0.25) is 19.2 Å². The number of carboxylic acid groups (broad SMARTS) is 1. The Morgan fingerprint density at radius 2 is 1.47 bits per heavy atom. The lowest BCUT2D eigenvalue weighted by atomic mass is 9.98. The third kappa shape index (κ3) is 15.1. The molecule has 0 spiro atoms. The zero-order chi connectivity index (χ0) is 31.1. The van der Waals surface area contributed by atoms with Crippen LogP contribution in [0.25, 0.3) is 0 Å². The van der Waals surface area contributed by atoms with Crippen molar-refractivity contribution in [1.29, 1.82) is 0 Å². The molecule has 14 nitrogen and oxygen atoms in total. The highest BCUT2D eigenvalue weighted by Crippen LogP contribution is 2.18. The van der Waals surface area contributed by atoms with Gasteiger partial charge >= 0.3 is 5.97 Å². The molecule has 0 fully saturated rings. The van der Waals surface area contributed by atoms with Gasteiger partial charge in [0.2, 0.25) is 11.8 Å². The molecule has 0 aliphatic rings. The summed E-state index contributed by atoms with van der Waals surface area (Å²) in [5.74, 6) is -3.79. The molecule has 16 heteroatoms. The van der Waals surface area contributed by atoms with Gasteiger partial charge in [0.25, 0.3) is 5.91 Å². The third-order valence-corrected chi connectivity index (χ3v) is 6.42. The molecule has 1 aromatic rings. The van der Waals surface area contributed by atoms with E-state index >= 15 is 0 Å². The second-order valence-electron chi connectivity index (χ2n) is 10.4. The summed E-state index contributed by atoms with van der Waals surface area (Å²) in [4.78, 5) is 49.5. The number of carboxylic acids is 1.